The lowest BCUT2D eigenvalue weighted by Gasteiger charge is -2.33. The van der Waals surface area contributed by atoms with Crippen LogP contribution in [0.25, 0.3) is 0 Å². The van der Waals surface area contributed by atoms with Gasteiger partial charge in [0.1, 0.15) is 0 Å². The van der Waals surface area contributed by atoms with Crippen molar-refractivity contribution in [2.24, 2.45) is 5.73 Å². The van der Waals surface area contributed by atoms with Crippen molar-refractivity contribution >= 4 is 5.97 Å². The number of carboxylic acids is 1. The van der Waals surface area contributed by atoms with Crippen molar-refractivity contribution in [1.82, 2.24) is 0 Å². The molecule has 3 N–H and O–H groups in total. The minimum atomic E-state index is -0.709. The maximum Gasteiger partial charge on any atom is 0.303 e. The molecule has 0 bridgehead atoms. The largest absolute Gasteiger partial charge is 0.481 e. The minimum absolute atomic E-state index is 0.0479. The zero-order valence-electron chi connectivity index (χ0n) is 8.09. The van der Waals surface area contributed by atoms with E-state index in [2.05, 4.69) is 0 Å². The molecule has 0 saturated heterocycles. The van der Waals surface area contributed by atoms with Gasteiger partial charge < -0.3 is 10.8 Å². The average Bonchev–Trinajstić information content (AvgIpc) is 2.04. The van der Waals surface area contributed by atoms with E-state index in [1.165, 1.54) is 19.3 Å². The lowest BCUT2D eigenvalue weighted by molar-refractivity contribution is -0.137. The third kappa shape index (κ3) is 3.77. The van der Waals surface area contributed by atoms with E-state index < -0.39 is 5.97 Å². The highest BCUT2D eigenvalue weighted by Crippen LogP contribution is 2.29. The van der Waals surface area contributed by atoms with Crippen LogP contribution >= 0.6 is 0 Å². The van der Waals surface area contributed by atoms with Crippen LogP contribution in [0, 0.1) is 0 Å². The molecule has 1 aliphatic rings. The predicted octanol–water partition coefficient (Wildman–Crippen LogP) is 1.90. The first-order valence-electron chi connectivity index (χ1n) is 5.13. The van der Waals surface area contributed by atoms with Crippen LogP contribution in [0.1, 0.15) is 51.4 Å². The van der Waals surface area contributed by atoms with E-state index in [9.17, 15) is 4.79 Å². The van der Waals surface area contributed by atoms with E-state index in [-0.39, 0.29) is 12.0 Å². The standard InChI is InChI=1S/C10H19NO2/c11-10(6-2-1-3-7-10)8-4-5-9(12)13/h1-8,11H2,(H,12,13). The minimum Gasteiger partial charge on any atom is -0.481 e. The molecule has 3 nitrogen and oxygen atoms in total. The van der Waals surface area contributed by atoms with Gasteiger partial charge in [-0.25, -0.2) is 0 Å². The van der Waals surface area contributed by atoms with Gasteiger partial charge in [0, 0.05) is 12.0 Å². The molecule has 76 valence electrons. The van der Waals surface area contributed by atoms with Gasteiger partial charge in [-0.3, -0.25) is 4.79 Å². The Morgan fingerprint density at radius 3 is 2.46 bits per heavy atom. The Bertz CT molecular complexity index is 174. The van der Waals surface area contributed by atoms with Crippen molar-refractivity contribution in [2.45, 2.75) is 56.9 Å². The summed E-state index contributed by atoms with van der Waals surface area (Å²) in [5.41, 5.74) is 6.10. The maximum absolute atomic E-state index is 10.3. The number of aliphatic carboxylic acids is 1. The van der Waals surface area contributed by atoms with Crippen LogP contribution in [0.3, 0.4) is 0 Å². The molecule has 1 aliphatic carbocycles. The molecule has 0 aromatic carbocycles. The van der Waals surface area contributed by atoms with Crippen molar-refractivity contribution in [3.63, 3.8) is 0 Å². The van der Waals surface area contributed by atoms with E-state index in [1.807, 2.05) is 0 Å². The fraction of sp³-hybridized carbons (Fsp3) is 0.900. The van der Waals surface area contributed by atoms with Gasteiger partial charge in [-0.1, -0.05) is 19.3 Å². The molecular weight excluding hydrogens is 166 g/mol. The van der Waals surface area contributed by atoms with Crippen molar-refractivity contribution < 1.29 is 9.90 Å². The number of carboxylic acid groups (broad SMARTS) is 1. The quantitative estimate of drug-likeness (QED) is 0.703. The number of nitrogens with two attached hydrogens (primary N) is 1. The van der Waals surface area contributed by atoms with Gasteiger partial charge in [0.15, 0.2) is 0 Å². The first-order chi connectivity index (χ1) is 6.12. The zero-order valence-corrected chi connectivity index (χ0v) is 8.09. The molecule has 0 aromatic rings. The van der Waals surface area contributed by atoms with Crippen molar-refractivity contribution in [3.8, 4) is 0 Å². The van der Waals surface area contributed by atoms with Crippen molar-refractivity contribution in [2.75, 3.05) is 0 Å². The van der Waals surface area contributed by atoms with Crippen LogP contribution in [0.5, 0.6) is 0 Å². The summed E-state index contributed by atoms with van der Waals surface area (Å²) in [6, 6.07) is 0. The summed E-state index contributed by atoms with van der Waals surface area (Å²) in [4.78, 5) is 10.3. The van der Waals surface area contributed by atoms with Crippen molar-refractivity contribution in [1.29, 1.82) is 0 Å². The lowest BCUT2D eigenvalue weighted by atomic mass is 9.79. The Kier molecular flexibility index (Phi) is 3.72. The Labute approximate surface area is 79.3 Å². The highest BCUT2D eigenvalue weighted by Gasteiger charge is 2.26. The van der Waals surface area contributed by atoms with Gasteiger partial charge in [0.2, 0.25) is 0 Å². The molecular formula is C10H19NO2. The van der Waals surface area contributed by atoms with Gasteiger partial charge >= 0.3 is 5.97 Å². The van der Waals surface area contributed by atoms with Crippen LogP contribution in [-0.4, -0.2) is 16.6 Å². The fourth-order valence-corrected chi connectivity index (χ4v) is 2.10. The number of rotatable bonds is 4. The summed E-state index contributed by atoms with van der Waals surface area (Å²) in [5, 5.41) is 8.49. The zero-order chi connectivity index (χ0) is 9.73. The molecule has 0 atom stereocenters. The van der Waals surface area contributed by atoms with Crippen LogP contribution in [0.15, 0.2) is 0 Å². The highest BCUT2D eigenvalue weighted by molar-refractivity contribution is 5.66. The molecule has 1 fully saturated rings. The third-order valence-electron chi connectivity index (χ3n) is 2.91. The van der Waals surface area contributed by atoms with Crippen LogP contribution in [0.4, 0.5) is 0 Å². The van der Waals surface area contributed by atoms with Gasteiger partial charge in [-0.05, 0) is 25.7 Å². The first-order valence-corrected chi connectivity index (χ1v) is 5.13. The average molecular weight is 185 g/mol. The van der Waals surface area contributed by atoms with Crippen LogP contribution in [0.2, 0.25) is 0 Å². The molecule has 1 rings (SSSR count). The summed E-state index contributed by atoms with van der Waals surface area (Å²) in [5.74, 6) is -0.709. The summed E-state index contributed by atoms with van der Waals surface area (Å²) in [6.07, 6.45) is 7.73. The molecule has 1 saturated carbocycles. The Balaban J connectivity index is 2.21. The van der Waals surface area contributed by atoms with Gasteiger partial charge in [0.25, 0.3) is 0 Å². The number of hydrogen-bond acceptors (Lipinski definition) is 2. The van der Waals surface area contributed by atoms with E-state index in [0.717, 1.165) is 25.7 Å². The van der Waals surface area contributed by atoms with Gasteiger partial charge in [-0.2, -0.15) is 0 Å². The number of carbonyl (C=O) groups is 1. The predicted molar refractivity (Wildman–Crippen MR) is 51.5 cm³/mol. The molecule has 0 aromatic heterocycles. The topological polar surface area (TPSA) is 63.3 Å². The van der Waals surface area contributed by atoms with Crippen LogP contribution in [-0.2, 0) is 4.79 Å². The summed E-state index contributed by atoms with van der Waals surface area (Å²) >= 11 is 0. The van der Waals surface area contributed by atoms with E-state index in [4.69, 9.17) is 10.8 Å². The van der Waals surface area contributed by atoms with E-state index >= 15 is 0 Å². The Morgan fingerprint density at radius 2 is 1.92 bits per heavy atom. The smallest absolute Gasteiger partial charge is 0.303 e. The molecule has 0 radical (unpaired) electrons. The second-order valence-corrected chi connectivity index (χ2v) is 4.17. The molecule has 0 unspecified atom stereocenters. The normalized spacial score (nSPS) is 21.3. The maximum atomic E-state index is 10.3. The molecule has 0 spiro atoms. The van der Waals surface area contributed by atoms with Crippen molar-refractivity contribution in [3.05, 3.63) is 0 Å². The lowest BCUT2D eigenvalue weighted by Crippen LogP contribution is -2.41. The molecule has 0 aliphatic heterocycles. The van der Waals surface area contributed by atoms with Gasteiger partial charge in [-0.15, -0.1) is 0 Å². The molecule has 0 amide bonds. The van der Waals surface area contributed by atoms with Crippen LogP contribution < -0.4 is 5.73 Å². The SMILES string of the molecule is NC1(CCCC(=O)O)CCCCC1. The molecule has 13 heavy (non-hydrogen) atoms. The molecule has 0 heterocycles. The second kappa shape index (κ2) is 4.61. The highest BCUT2D eigenvalue weighted by atomic mass is 16.4. The molecule has 3 heteroatoms. The van der Waals surface area contributed by atoms with E-state index in [0.29, 0.717) is 0 Å². The monoisotopic (exact) mass is 185 g/mol. The first kappa shape index (κ1) is 10.5. The summed E-state index contributed by atoms with van der Waals surface area (Å²) in [6.45, 7) is 0. The Morgan fingerprint density at radius 1 is 1.31 bits per heavy atom. The van der Waals surface area contributed by atoms with Gasteiger partial charge in [0.05, 0.1) is 0 Å². The Hall–Kier alpha value is -0.570. The summed E-state index contributed by atoms with van der Waals surface area (Å²) < 4.78 is 0. The second-order valence-electron chi connectivity index (χ2n) is 4.17. The third-order valence-corrected chi connectivity index (χ3v) is 2.91. The summed E-state index contributed by atoms with van der Waals surface area (Å²) in [7, 11) is 0. The van der Waals surface area contributed by atoms with E-state index in [1.54, 1.807) is 0 Å². The fourth-order valence-electron chi connectivity index (χ4n) is 2.10. The number of hydrogen-bond donors (Lipinski definition) is 2.